The first kappa shape index (κ1) is 15.0. The molecule has 0 aliphatic heterocycles. The fourth-order valence-electron chi connectivity index (χ4n) is 2.96. The van der Waals surface area contributed by atoms with Gasteiger partial charge in [-0.3, -0.25) is 9.48 Å². The van der Waals surface area contributed by atoms with E-state index in [2.05, 4.69) is 10.4 Å². The van der Waals surface area contributed by atoms with Gasteiger partial charge in [0.25, 0.3) is 5.91 Å². The normalized spacial score (nSPS) is 17.9. The van der Waals surface area contributed by atoms with Gasteiger partial charge in [-0.05, 0) is 25.3 Å². The van der Waals surface area contributed by atoms with E-state index in [1.807, 2.05) is 13.0 Å². The van der Waals surface area contributed by atoms with Gasteiger partial charge >= 0.3 is 0 Å². The number of carbonyl (C=O) groups excluding carboxylic acids is 1. The molecule has 1 aliphatic rings. The molecule has 1 aliphatic carbocycles. The molecule has 0 aromatic carbocycles. The third-order valence-electron chi connectivity index (χ3n) is 4.40. The quantitative estimate of drug-likeness (QED) is 0.861. The summed E-state index contributed by atoms with van der Waals surface area (Å²) in [5.74, 6) is -0.0990. The standard InChI is InChI=1S/C15H25N3O2/c1-3-12-9-13(18(2)17-12)14(20)16-10-15(11-19)7-5-4-6-8-15/h9,19H,3-8,10-11H2,1-2H3,(H,16,20). The Morgan fingerprint density at radius 1 is 1.45 bits per heavy atom. The van der Waals surface area contributed by atoms with E-state index >= 15 is 0 Å². The summed E-state index contributed by atoms with van der Waals surface area (Å²) >= 11 is 0. The Morgan fingerprint density at radius 3 is 2.70 bits per heavy atom. The first-order valence-corrected chi connectivity index (χ1v) is 7.52. The maximum Gasteiger partial charge on any atom is 0.269 e. The molecule has 0 atom stereocenters. The minimum absolute atomic E-state index is 0.0990. The van der Waals surface area contributed by atoms with Crippen LogP contribution in [-0.4, -0.2) is 33.9 Å². The van der Waals surface area contributed by atoms with Gasteiger partial charge in [0, 0.05) is 19.0 Å². The van der Waals surface area contributed by atoms with E-state index in [1.165, 1.54) is 6.42 Å². The van der Waals surface area contributed by atoms with E-state index in [1.54, 1.807) is 11.7 Å². The number of aryl methyl sites for hydroxylation is 2. The summed E-state index contributed by atoms with van der Waals surface area (Å²) in [6.07, 6.45) is 6.33. The van der Waals surface area contributed by atoms with Gasteiger partial charge in [0.1, 0.15) is 5.69 Å². The van der Waals surface area contributed by atoms with Crippen LogP contribution in [0.1, 0.15) is 55.2 Å². The van der Waals surface area contributed by atoms with E-state index in [0.717, 1.165) is 37.8 Å². The lowest BCUT2D eigenvalue weighted by atomic mass is 9.74. The van der Waals surface area contributed by atoms with Crippen LogP contribution in [0.3, 0.4) is 0 Å². The summed E-state index contributed by atoms with van der Waals surface area (Å²) in [4.78, 5) is 12.2. The van der Waals surface area contributed by atoms with E-state index in [0.29, 0.717) is 12.2 Å². The predicted molar refractivity (Wildman–Crippen MR) is 77.5 cm³/mol. The van der Waals surface area contributed by atoms with Crippen molar-refractivity contribution in [3.05, 3.63) is 17.5 Å². The van der Waals surface area contributed by atoms with E-state index in [-0.39, 0.29) is 17.9 Å². The molecule has 112 valence electrons. The summed E-state index contributed by atoms with van der Waals surface area (Å²) < 4.78 is 1.63. The van der Waals surface area contributed by atoms with Crippen LogP contribution in [0, 0.1) is 5.41 Å². The molecule has 20 heavy (non-hydrogen) atoms. The average Bonchev–Trinajstić information content (AvgIpc) is 2.87. The maximum atomic E-state index is 12.2. The number of aromatic nitrogens is 2. The number of nitrogens with zero attached hydrogens (tertiary/aromatic N) is 2. The molecule has 1 amide bonds. The summed E-state index contributed by atoms with van der Waals surface area (Å²) in [7, 11) is 1.79. The third kappa shape index (κ3) is 3.20. The van der Waals surface area contributed by atoms with E-state index in [4.69, 9.17) is 0 Å². The Morgan fingerprint density at radius 2 is 2.15 bits per heavy atom. The highest BCUT2D eigenvalue weighted by Gasteiger charge is 2.32. The number of amides is 1. The molecule has 1 aromatic rings. The second kappa shape index (κ2) is 6.39. The fourth-order valence-corrected chi connectivity index (χ4v) is 2.96. The molecule has 2 N–H and O–H groups in total. The molecule has 1 aromatic heterocycles. The highest BCUT2D eigenvalue weighted by atomic mass is 16.3. The minimum atomic E-state index is -0.125. The van der Waals surface area contributed by atoms with Crippen LogP contribution in [0.4, 0.5) is 0 Å². The van der Waals surface area contributed by atoms with Crippen molar-refractivity contribution in [2.45, 2.75) is 45.4 Å². The molecule has 0 bridgehead atoms. The van der Waals surface area contributed by atoms with Crippen molar-refractivity contribution in [1.82, 2.24) is 15.1 Å². The van der Waals surface area contributed by atoms with Gasteiger partial charge in [-0.25, -0.2) is 0 Å². The van der Waals surface area contributed by atoms with Crippen molar-refractivity contribution >= 4 is 5.91 Å². The Kier molecular flexibility index (Phi) is 4.81. The van der Waals surface area contributed by atoms with Crippen LogP contribution in [0.2, 0.25) is 0 Å². The van der Waals surface area contributed by atoms with Gasteiger partial charge in [0.15, 0.2) is 0 Å². The number of nitrogens with one attached hydrogen (secondary N) is 1. The van der Waals surface area contributed by atoms with E-state index in [9.17, 15) is 9.90 Å². The zero-order valence-corrected chi connectivity index (χ0v) is 12.5. The molecular formula is C15H25N3O2. The largest absolute Gasteiger partial charge is 0.396 e. The van der Waals surface area contributed by atoms with Crippen molar-refractivity contribution < 1.29 is 9.90 Å². The van der Waals surface area contributed by atoms with Gasteiger partial charge in [-0.1, -0.05) is 26.2 Å². The topological polar surface area (TPSA) is 67.2 Å². The number of rotatable bonds is 5. The SMILES string of the molecule is CCc1cc(C(=O)NCC2(CO)CCCCC2)n(C)n1. The molecule has 5 nitrogen and oxygen atoms in total. The van der Waals surface area contributed by atoms with Crippen molar-refractivity contribution in [2.24, 2.45) is 12.5 Å². The van der Waals surface area contributed by atoms with Crippen LogP contribution in [0.5, 0.6) is 0 Å². The molecule has 0 unspecified atom stereocenters. The summed E-state index contributed by atoms with van der Waals surface area (Å²) in [5.41, 5.74) is 1.39. The average molecular weight is 279 g/mol. The number of aliphatic hydroxyl groups is 1. The number of hydrogen-bond donors (Lipinski definition) is 2. The lowest BCUT2D eigenvalue weighted by molar-refractivity contribution is 0.0713. The first-order chi connectivity index (χ1) is 9.60. The minimum Gasteiger partial charge on any atom is -0.396 e. The molecule has 5 heteroatoms. The first-order valence-electron chi connectivity index (χ1n) is 7.52. The zero-order valence-electron chi connectivity index (χ0n) is 12.5. The number of carbonyl (C=O) groups is 1. The van der Waals surface area contributed by atoms with Crippen LogP contribution in [-0.2, 0) is 13.5 Å². The highest BCUT2D eigenvalue weighted by Crippen LogP contribution is 2.35. The molecule has 0 saturated heterocycles. The maximum absolute atomic E-state index is 12.2. The second-order valence-corrected chi connectivity index (χ2v) is 5.90. The molecule has 1 fully saturated rings. The Hall–Kier alpha value is -1.36. The van der Waals surface area contributed by atoms with Crippen LogP contribution < -0.4 is 5.32 Å². The van der Waals surface area contributed by atoms with Crippen molar-refractivity contribution in [3.63, 3.8) is 0 Å². The van der Waals surface area contributed by atoms with Gasteiger partial charge in [0.05, 0.1) is 12.3 Å². The molecule has 2 rings (SSSR count). The molecule has 0 radical (unpaired) electrons. The third-order valence-corrected chi connectivity index (χ3v) is 4.40. The predicted octanol–water partition coefficient (Wildman–Crippen LogP) is 1.66. The van der Waals surface area contributed by atoms with Gasteiger partial charge in [-0.2, -0.15) is 5.10 Å². The van der Waals surface area contributed by atoms with Crippen molar-refractivity contribution in [1.29, 1.82) is 0 Å². The molecule has 1 heterocycles. The number of aliphatic hydroxyl groups excluding tert-OH is 1. The Bertz CT molecular complexity index is 462. The highest BCUT2D eigenvalue weighted by molar-refractivity contribution is 5.92. The summed E-state index contributed by atoms with van der Waals surface area (Å²) in [5, 5.41) is 16.9. The molecular weight excluding hydrogens is 254 g/mol. The monoisotopic (exact) mass is 279 g/mol. The second-order valence-electron chi connectivity index (χ2n) is 5.90. The smallest absolute Gasteiger partial charge is 0.269 e. The lowest BCUT2D eigenvalue weighted by Gasteiger charge is -2.35. The summed E-state index contributed by atoms with van der Waals surface area (Å²) in [6.45, 7) is 2.72. The van der Waals surface area contributed by atoms with Gasteiger partial charge in [0.2, 0.25) is 0 Å². The van der Waals surface area contributed by atoms with Crippen molar-refractivity contribution in [2.75, 3.05) is 13.2 Å². The lowest BCUT2D eigenvalue weighted by Crippen LogP contribution is -2.41. The zero-order chi connectivity index (χ0) is 14.6. The molecule has 0 spiro atoms. The number of hydrogen-bond acceptors (Lipinski definition) is 3. The van der Waals surface area contributed by atoms with Gasteiger partial charge in [-0.15, -0.1) is 0 Å². The van der Waals surface area contributed by atoms with Crippen molar-refractivity contribution in [3.8, 4) is 0 Å². The van der Waals surface area contributed by atoms with Crippen LogP contribution >= 0.6 is 0 Å². The van der Waals surface area contributed by atoms with E-state index < -0.39 is 0 Å². The Balaban J connectivity index is 1.98. The van der Waals surface area contributed by atoms with Crippen LogP contribution in [0.15, 0.2) is 6.07 Å². The van der Waals surface area contributed by atoms with Gasteiger partial charge < -0.3 is 10.4 Å². The summed E-state index contributed by atoms with van der Waals surface area (Å²) in [6, 6.07) is 1.84. The Labute approximate surface area is 120 Å². The van der Waals surface area contributed by atoms with Crippen LogP contribution in [0.25, 0.3) is 0 Å². The molecule has 1 saturated carbocycles. The fraction of sp³-hybridized carbons (Fsp3) is 0.733.